The molecular weight excluding hydrogens is 511 g/mol. The minimum atomic E-state index is -5.82. The molecule has 0 radical (unpaired) electrons. The van der Waals surface area contributed by atoms with Crippen molar-refractivity contribution >= 4 is 19.2 Å². The van der Waals surface area contributed by atoms with Gasteiger partial charge in [0.2, 0.25) is 0 Å². The third kappa shape index (κ3) is 7.07. The fourth-order valence-electron chi connectivity index (χ4n) is 4.19. The summed E-state index contributed by atoms with van der Waals surface area (Å²) in [6, 6.07) is 18.9. The highest BCUT2D eigenvalue weighted by molar-refractivity contribution is 7.52. The van der Waals surface area contributed by atoms with Gasteiger partial charge in [0.25, 0.3) is 5.91 Å². The van der Waals surface area contributed by atoms with Crippen molar-refractivity contribution in [3.05, 3.63) is 83.9 Å². The van der Waals surface area contributed by atoms with Crippen molar-refractivity contribution in [3.63, 3.8) is 0 Å². The van der Waals surface area contributed by atoms with Gasteiger partial charge in [-0.3, -0.25) is 9.36 Å². The highest BCUT2D eigenvalue weighted by Crippen LogP contribution is 2.60. The molecule has 0 heterocycles. The maximum Gasteiger partial charge on any atom is 0.399 e. The summed E-state index contributed by atoms with van der Waals surface area (Å²) in [6.45, 7) is 2.82. The number of unbranched alkanes of at least 4 members (excludes halogenated alkanes) is 5. The molecule has 9 heteroatoms. The molecule has 1 amide bonds. The van der Waals surface area contributed by atoms with Gasteiger partial charge in [-0.25, -0.2) is 0 Å². The monoisotopic (exact) mass is 545 g/mol. The summed E-state index contributed by atoms with van der Waals surface area (Å²) in [6.07, 6.45) is 7.04. The molecular formula is C29H34F2NO5P. The van der Waals surface area contributed by atoms with Crippen molar-refractivity contribution in [1.29, 1.82) is 0 Å². The Hall–Kier alpha value is -3.06. The number of hydrogen-bond acceptors (Lipinski definition) is 3. The van der Waals surface area contributed by atoms with Crippen molar-refractivity contribution in [2.75, 3.05) is 18.6 Å². The molecule has 6 nitrogen and oxygen atoms in total. The van der Waals surface area contributed by atoms with Gasteiger partial charge in [0.05, 0.1) is 17.9 Å². The lowest BCUT2D eigenvalue weighted by atomic mass is 9.98. The second kappa shape index (κ2) is 13.1. The van der Waals surface area contributed by atoms with E-state index in [9.17, 15) is 27.9 Å². The molecule has 3 aromatic carbocycles. The van der Waals surface area contributed by atoms with Crippen molar-refractivity contribution in [2.24, 2.45) is 0 Å². The largest absolute Gasteiger partial charge is 0.494 e. The summed E-state index contributed by atoms with van der Waals surface area (Å²) in [7, 11) is -4.52. The number of hydrogen-bond donors (Lipinski definition) is 2. The lowest BCUT2D eigenvalue weighted by Gasteiger charge is -2.26. The first-order valence-corrected chi connectivity index (χ1v) is 14.3. The summed E-state index contributed by atoms with van der Waals surface area (Å²) >= 11 is 0. The van der Waals surface area contributed by atoms with Crippen LogP contribution in [0.3, 0.4) is 0 Å². The lowest BCUT2D eigenvalue weighted by molar-refractivity contribution is 0.0568. The predicted molar refractivity (Wildman–Crippen MR) is 146 cm³/mol. The molecule has 0 aliphatic heterocycles. The Labute approximate surface area is 222 Å². The minimum absolute atomic E-state index is 0.255. The standard InChI is InChI=1S/C29H34F2NO5P/c1-3-4-5-6-7-12-21-37-23-19-17-22(18-20-23)24-13-8-9-14-25(24)28(33)32(2)27-16-11-10-15-26(27)29(30,31)38(34,35)36/h8-11,13-20H,3-7,12,21H2,1-2H3,(H2,34,35,36). The van der Waals surface area contributed by atoms with Gasteiger partial charge in [0.1, 0.15) is 5.75 Å². The van der Waals surface area contributed by atoms with E-state index in [1.807, 2.05) is 24.3 Å². The van der Waals surface area contributed by atoms with Crippen molar-refractivity contribution < 1.29 is 32.7 Å². The molecule has 38 heavy (non-hydrogen) atoms. The van der Waals surface area contributed by atoms with Gasteiger partial charge < -0.3 is 19.4 Å². The SMILES string of the molecule is CCCCCCCCOc1ccc(-c2ccccc2C(=O)N(C)c2ccccc2C(F)(F)P(=O)(O)O)cc1. The first-order chi connectivity index (χ1) is 18.1. The van der Waals surface area contributed by atoms with Crippen LogP contribution in [0, 0.1) is 0 Å². The molecule has 0 aliphatic carbocycles. The van der Waals surface area contributed by atoms with Crippen LogP contribution in [0.5, 0.6) is 5.75 Å². The number of carbonyl (C=O) groups excluding carboxylic acids is 1. The normalized spacial score (nSPS) is 11.8. The lowest BCUT2D eigenvalue weighted by Crippen LogP contribution is -2.29. The van der Waals surface area contributed by atoms with E-state index in [2.05, 4.69) is 6.92 Å². The Morgan fingerprint density at radius 2 is 1.50 bits per heavy atom. The van der Waals surface area contributed by atoms with Crippen LogP contribution in [0.1, 0.15) is 61.4 Å². The molecule has 0 atom stereocenters. The second-order valence-corrected chi connectivity index (χ2v) is 10.8. The third-order valence-corrected chi connectivity index (χ3v) is 7.32. The van der Waals surface area contributed by atoms with Crippen LogP contribution in [0.15, 0.2) is 72.8 Å². The number of amides is 1. The number of alkyl halides is 2. The molecule has 204 valence electrons. The summed E-state index contributed by atoms with van der Waals surface area (Å²) in [4.78, 5) is 32.9. The number of rotatable bonds is 13. The fraction of sp³-hybridized carbons (Fsp3) is 0.345. The summed E-state index contributed by atoms with van der Waals surface area (Å²) in [5.74, 6) is 0.120. The van der Waals surface area contributed by atoms with Crippen molar-refractivity contribution in [3.8, 4) is 16.9 Å². The van der Waals surface area contributed by atoms with Gasteiger partial charge in [0, 0.05) is 12.6 Å². The Balaban J connectivity index is 1.78. The van der Waals surface area contributed by atoms with E-state index in [0.29, 0.717) is 12.2 Å². The molecule has 0 spiro atoms. The van der Waals surface area contributed by atoms with Gasteiger partial charge in [-0.1, -0.05) is 87.6 Å². The van der Waals surface area contributed by atoms with E-state index >= 15 is 0 Å². The van der Waals surface area contributed by atoms with E-state index in [0.717, 1.165) is 35.1 Å². The molecule has 0 saturated heterocycles. The van der Waals surface area contributed by atoms with Crippen molar-refractivity contribution in [2.45, 2.75) is 51.1 Å². The average Bonchev–Trinajstić information content (AvgIpc) is 2.91. The number of para-hydroxylation sites is 1. The number of halogens is 2. The summed E-state index contributed by atoms with van der Waals surface area (Å²) in [5, 5.41) is 0. The molecule has 0 bridgehead atoms. The molecule has 0 saturated carbocycles. The first kappa shape index (κ1) is 29.5. The van der Waals surface area contributed by atoms with Crippen LogP contribution in [-0.2, 0) is 10.2 Å². The fourth-order valence-corrected chi connectivity index (χ4v) is 4.69. The van der Waals surface area contributed by atoms with Crippen LogP contribution in [-0.4, -0.2) is 29.3 Å². The Morgan fingerprint density at radius 3 is 2.18 bits per heavy atom. The molecule has 3 aromatic rings. The van der Waals surface area contributed by atoms with Gasteiger partial charge in [-0.15, -0.1) is 0 Å². The van der Waals surface area contributed by atoms with Crippen LogP contribution < -0.4 is 9.64 Å². The van der Waals surface area contributed by atoms with Gasteiger partial charge in [0.15, 0.2) is 0 Å². The average molecular weight is 546 g/mol. The van der Waals surface area contributed by atoms with E-state index in [1.165, 1.54) is 50.9 Å². The Morgan fingerprint density at radius 1 is 0.895 bits per heavy atom. The van der Waals surface area contributed by atoms with Gasteiger partial charge in [-0.05, 0) is 41.8 Å². The van der Waals surface area contributed by atoms with Crippen LogP contribution in [0.2, 0.25) is 0 Å². The molecule has 3 rings (SSSR count). The highest BCUT2D eigenvalue weighted by atomic mass is 31.2. The van der Waals surface area contributed by atoms with E-state index in [4.69, 9.17) is 4.74 Å². The Kier molecular flexibility index (Phi) is 10.2. The number of anilines is 1. The molecule has 0 fully saturated rings. The number of benzene rings is 3. The second-order valence-electron chi connectivity index (χ2n) is 9.15. The summed E-state index contributed by atoms with van der Waals surface area (Å²) in [5.41, 5.74) is -4.09. The first-order valence-electron chi connectivity index (χ1n) is 12.7. The third-order valence-electron chi connectivity index (χ3n) is 6.35. The van der Waals surface area contributed by atoms with Crippen molar-refractivity contribution in [1.82, 2.24) is 0 Å². The van der Waals surface area contributed by atoms with Crippen LogP contribution in [0.4, 0.5) is 14.5 Å². The maximum atomic E-state index is 14.6. The smallest absolute Gasteiger partial charge is 0.399 e. The summed E-state index contributed by atoms with van der Waals surface area (Å²) < 4.78 is 46.5. The number of ether oxygens (including phenoxy) is 1. The van der Waals surface area contributed by atoms with Gasteiger partial charge >= 0.3 is 13.3 Å². The van der Waals surface area contributed by atoms with Crippen LogP contribution in [0.25, 0.3) is 11.1 Å². The van der Waals surface area contributed by atoms with E-state index < -0.39 is 24.7 Å². The quantitative estimate of drug-likeness (QED) is 0.171. The zero-order chi connectivity index (χ0) is 27.8. The number of carbonyl (C=O) groups is 1. The van der Waals surface area contributed by atoms with Gasteiger partial charge in [-0.2, -0.15) is 8.78 Å². The van der Waals surface area contributed by atoms with E-state index in [-0.39, 0.29) is 11.3 Å². The molecule has 0 aliphatic rings. The molecule has 2 N–H and O–H groups in total. The molecule has 0 aromatic heterocycles. The molecule has 0 unspecified atom stereocenters. The highest BCUT2D eigenvalue weighted by Gasteiger charge is 2.52. The minimum Gasteiger partial charge on any atom is -0.494 e. The van der Waals surface area contributed by atoms with Crippen LogP contribution >= 0.6 is 7.60 Å². The maximum absolute atomic E-state index is 14.6. The van der Waals surface area contributed by atoms with E-state index in [1.54, 1.807) is 24.3 Å². The predicted octanol–water partition coefficient (Wildman–Crippen LogP) is 7.60. The zero-order valence-corrected chi connectivity index (χ0v) is 22.5. The zero-order valence-electron chi connectivity index (χ0n) is 21.6. The topological polar surface area (TPSA) is 87.1 Å². The number of nitrogens with zero attached hydrogens (tertiary/aromatic N) is 1. The Bertz CT molecular complexity index is 1260.